The molecule has 3 rings (SSSR count). The van der Waals surface area contributed by atoms with Crippen LogP contribution in [0.15, 0.2) is 41.3 Å². The lowest BCUT2D eigenvalue weighted by molar-refractivity contribution is -0.384. The van der Waals surface area contributed by atoms with Gasteiger partial charge in [-0.1, -0.05) is 34.8 Å². The van der Waals surface area contributed by atoms with Crippen LogP contribution in [0.25, 0.3) is 0 Å². The summed E-state index contributed by atoms with van der Waals surface area (Å²) in [4.78, 5) is 22.6. The predicted molar refractivity (Wildman–Crippen MR) is 115 cm³/mol. The summed E-state index contributed by atoms with van der Waals surface area (Å²) in [5.41, 5.74) is -0.0944. The van der Waals surface area contributed by atoms with Gasteiger partial charge in [0.25, 0.3) is 5.69 Å². The van der Waals surface area contributed by atoms with E-state index in [9.17, 15) is 23.3 Å². The van der Waals surface area contributed by atoms with Gasteiger partial charge < -0.3 is 5.32 Å². The minimum Gasteiger partial charge on any atom is -0.324 e. The highest BCUT2D eigenvalue weighted by molar-refractivity contribution is 7.89. The Morgan fingerprint density at radius 2 is 1.70 bits per heavy atom. The average Bonchev–Trinajstić information content (AvgIpc) is 2.70. The molecule has 0 spiro atoms. The van der Waals surface area contributed by atoms with E-state index < -0.39 is 26.6 Å². The van der Waals surface area contributed by atoms with Crippen LogP contribution in [0.2, 0.25) is 15.1 Å². The van der Waals surface area contributed by atoms with Crippen molar-refractivity contribution in [2.45, 2.75) is 17.7 Å². The van der Waals surface area contributed by atoms with Gasteiger partial charge in [-0.2, -0.15) is 4.31 Å². The molecule has 0 bridgehead atoms. The highest BCUT2D eigenvalue weighted by Crippen LogP contribution is 2.31. The number of nitro groups is 1. The molecule has 1 fully saturated rings. The van der Waals surface area contributed by atoms with Gasteiger partial charge in [0, 0.05) is 30.1 Å². The quantitative estimate of drug-likeness (QED) is 0.485. The summed E-state index contributed by atoms with van der Waals surface area (Å²) in [7, 11) is -3.96. The van der Waals surface area contributed by atoms with Crippen LogP contribution in [0.3, 0.4) is 0 Å². The molecular formula is C18H16Cl3N3O5S. The molecule has 160 valence electrons. The first-order chi connectivity index (χ1) is 14.1. The first-order valence-corrected chi connectivity index (χ1v) is 11.4. The second-order valence-electron chi connectivity index (χ2n) is 6.66. The Morgan fingerprint density at radius 3 is 2.33 bits per heavy atom. The van der Waals surface area contributed by atoms with E-state index in [1.54, 1.807) is 12.1 Å². The van der Waals surface area contributed by atoms with Crippen molar-refractivity contribution < 1.29 is 18.1 Å². The number of anilines is 1. The van der Waals surface area contributed by atoms with Crippen LogP contribution >= 0.6 is 34.8 Å². The second-order valence-corrected chi connectivity index (χ2v) is 9.85. The first kappa shape index (κ1) is 22.8. The number of piperidine rings is 1. The summed E-state index contributed by atoms with van der Waals surface area (Å²) in [6, 6.07) is 8.06. The summed E-state index contributed by atoms with van der Waals surface area (Å²) in [6.45, 7) is 0.195. The molecule has 1 heterocycles. The van der Waals surface area contributed by atoms with Crippen LogP contribution in [0, 0.1) is 16.0 Å². The van der Waals surface area contributed by atoms with Crippen LogP contribution in [0.5, 0.6) is 0 Å². The number of nitrogens with zero attached hydrogens (tertiary/aromatic N) is 2. The Balaban J connectivity index is 1.69. The molecule has 30 heavy (non-hydrogen) atoms. The van der Waals surface area contributed by atoms with E-state index in [1.807, 2.05) is 0 Å². The lowest BCUT2D eigenvalue weighted by atomic mass is 9.97. The SMILES string of the molecule is O=C(Nc1cc(Cl)ccc1Cl)C1CCN(S(=O)(=O)c2ccc(Cl)c([N+](=O)[O-])c2)CC1. The van der Waals surface area contributed by atoms with Crippen molar-refractivity contribution in [3.63, 3.8) is 0 Å². The number of nitro benzene ring substituents is 1. The Labute approximate surface area is 187 Å². The lowest BCUT2D eigenvalue weighted by Gasteiger charge is -2.30. The summed E-state index contributed by atoms with van der Waals surface area (Å²) in [5.74, 6) is -0.690. The van der Waals surface area contributed by atoms with Crippen LogP contribution in [-0.2, 0) is 14.8 Å². The molecule has 0 unspecified atom stereocenters. The van der Waals surface area contributed by atoms with Crippen molar-refractivity contribution in [2.24, 2.45) is 5.92 Å². The van der Waals surface area contributed by atoms with Crippen LogP contribution in [-0.4, -0.2) is 36.6 Å². The van der Waals surface area contributed by atoms with Crippen molar-refractivity contribution in [3.05, 3.63) is 61.6 Å². The number of carbonyl (C=O) groups is 1. The number of hydrogen-bond acceptors (Lipinski definition) is 5. The van der Waals surface area contributed by atoms with Gasteiger partial charge >= 0.3 is 0 Å². The maximum atomic E-state index is 12.9. The topological polar surface area (TPSA) is 110 Å². The average molecular weight is 493 g/mol. The Morgan fingerprint density at radius 1 is 1.07 bits per heavy atom. The summed E-state index contributed by atoms with van der Waals surface area (Å²) >= 11 is 17.7. The molecule has 2 aromatic rings. The smallest absolute Gasteiger partial charge is 0.289 e. The van der Waals surface area contributed by atoms with Gasteiger partial charge in [-0.05, 0) is 43.2 Å². The van der Waals surface area contributed by atoms with Crippen LogP contribution < -0.4 is 5.32 Å². The van der Waals surface area contributed by atoms with E-state index in [2.05, 4.69) is 5.32 Å². The van der Waals surface area contributed by atoms with Crippen molar-refractivity contribution in [1.29, 1.82) is 0 Å². The maximum absolute atomic E-state index is 12.9. The number of amides is 1. The van der Waals surface area contributed by atoms with Gasteiger partial charge in [0.2, 0.25) is 15.9 Å². The van der Waals surface area contributed by atoms with Crippen molar-refractivity contribution in [3.8, 4) is 0 Å². The summed E-state index contributed by atoms with van der Waals surface area (Å²) in [5, 5.41) is 14.4. The molecule has 8 nitrogen and oxygen atoms in total. The van der Waals surface area contributed by atoms with E-state index >= 15 is 0 Å². The van der Waals surface area contributed by atoms with Crippen LogP contribution in [0.1, 0.15) is 12.8 Å². The largest absolute Gasteiger partial charge is 0.324 e. The minimum absolute atomic E-state index is 0.0973. The normalized spacial score (nSPS) is 15.7. The fourth-order valence-corrected chi connectivity index (χ4v) is 5.14. The number of benzene rings is 2. The predicted octanol–water partition coefficient (Wildman–Crippen LogP) is 4.59. The molecule has 1 aliphatic rings. The van der Waals surface area contributed by atoms with Gasteiger partial charge in [-0.15, -0.1) is 0 Å². The van der Waals surface area contributed by atoms with Crippen molar-refractivity contribution >= 4 is 62.1 Å². The number of rotatable bonds is 5. The number of hydrogen-bond donors (Lipinski definition) is 1. The molecule has 1 saturated heterocycles. The van der Waals surface area contributed by atoms with Crippen molar-refractivity contribution in [2.75, 3.05) is 18.4 Å². The third-order valence-electron chi connectivity index (χ3n) is 4.76. The zero-order valence-electron chi connectivity index (χ0n) is 15.3. The van der Waals surface area contributed by atoms with E-state index in [1.165, 1.54) is 22.5 Å². The van der Waals surface area contributed by atoms with E-state index in [-0.39, 0.29) is 28.9 Å². The zero-order chi connectivity index (χ0) is 22.1. The molecule has 0 saturated carbocycles. The minimum atomic E-state index is -3.96. The second kappa shape index (κ2) is 9.07. The Kier molecular flexibility index (Phi) is 6.88. The van der Waals surface area contributed by atoms with Gasteiger partial charge in [0.05, 0.1) is 20.5 Å². The molecule has 0 aliphatic carbocycles. The fourth-order valence-electron chi connectivity index (χ4n) is 3.13. The van der Waals surface area contributed by atoms with E-state index in [0.717, 1.165) is 6.07 Å². The Hall–Kier alpha value is -1.91. The van der Waals surface area contributed by atoms with Crippen LogP contribution in [0.4, 0.5) is 11.4 Å². The van der Waals surface area contributed by atoms with E-state index in [0.29, 0.717) is 28.6 Å². The fraction of sp³-hybridized carbons (Fsp3) is 0.278. The van der Waals surface area contributed by atoms with Gasteiger partial charge in [-0.25, -0.2) is 8.42 Å². The molecule has 0 aromatic heterocycles. The summed E-state index contributed by atoms with van der Waals surface area (Å²) < 4.78 is 26.9. The molecule has 1 amide bonds. The number of sulfonamides is 1. The standard InChI is InChI=1S/C18H16Cl3N3O5S/c19-12-1-3-14(20)16(9-12)22-18(25)11-5-7-23(8-6-11)30(28,29)13-2-4-15(21)17(10-13)24(26)27/h1-4,9-11H,5-8H2,(H,22,25). The first-order valence-electron chi connectivity index (χ1n) is 8.79. The molecular weight excluding hydrogens is 477 g/mol. The molecule has 1 N–H and O–H groups in total. The van der Waals surface area contributed by atoms with Gasteiger partial charge in [0.15, 0.2) is 0 Å². The highest BCUT2D eigenvalue weighted by atomic mass is 35.5. The molecule has 12 heteroatoms. The molecule has 2 aromatic carbocycles. The highest BCUT2D eigenvalue weighted by Gasteiger charge is 2.33. The zero-order valence-corrected chi connectivity index (χ0v) is 18.4. The Bertz CT molecular complexity index is 1100. The van der Waals surface area contributed by atoms with E-state index in [4.69, 9.17) is 34.8 Å². The third kappa shape index (κ3) is 4.87. The number of halogens is 3. The number of nitrogens with one attached hydrogen (secondary N) is 1. The number of carbonyl (C=O) groups excluding carboxylic acids is 1. The maximum Gasteiger partial charge on any atom is 0.289 e. The monoisotopic (exact) mass is 491 g/mol. The lowest BCUT2D eigenvalue weighted by Crippen LogP contribution is -2.41. The molecule has 1 aliphatic heterocycles. The molecule has 0 atom stereocenters. The van der Waals surface area contributed by atoms with Gasteiger partial charge in [-0.3, -0.25) is 14.9 Å². The van der Waals surface area contributed by atoms with Gasteiger partial charge in [0.1, 0.15) is 5.02 Å². The summed E-state index contributed by atoms with van der Waals surface area (Å²) in [6.07, 6.45) is 0.581. The van der Waals surface area contributed by atoms with Crippen molar-refractivity contribution in [1.82, 2.24) is 4.31 Å². The third-order valence-corrected chi connectivity index (χ3v) is 7.54. The molecule has 0 radical (unpaired) electrons.